The fourth-order valence-electron chi connectivity index (χ4n) is 1.91. The van der Waals surface area contributed by atoms with Crippen LogP contribution in [0.25, 0.3) is 0 Å². The number of quaternary nitrogens is 1. The molecule has 1 aliphatic heterocycles. The van der Waals surface area contributed by atoms with Gasteiger partial charge < -0.3 is 9.22 Å². The highest BCUT2D eigenvalue weighted by Crippen LogP contribution is 2.15. The second kappa shape index (κ2) is 4.61. The normalized spacial score (nSPS) is 21.1. The first-order valence-corrected chi connectivity index (χ1v) is 5.09. The molecule has 0 atom stereocenters. The third kappa shape index (κ3) is 3.77. The van der Waals surface area contributed by atoms with Crippen LogP contribution in [0.3, 0.4) is 0 Å². The third-order valence-corrected chi connectivity index (χ3v) is 2.83. The van der Waals surface area contributed by atoms with Crippen molar-refractivity contribution in [3.8, 4) is 0 Å². The minimum atomic E-state index is -0.163. The van der Waals surface area contributed by atoms with Crippen molar-refractivity contribution in [1.82, 2.24) is 0 Å². The number of piperidine rings is 1. The molecule has 0 aliphatic carbocycles. The molecule has 0 saturated carbocycles. The molecule has 1 aliphatic rings. The zero-order chi connectivity index (χ0) is 9.73. The number of nitrogens with zero attached hydrogens (tertiary/aromatic N) is 1. The van der Waals surface area contributed by atoms with Crippen LogP contribution in [0, 0.1) is 0 Å². The zero-order valence-corrected chi connectivity index (χ0v) is 8.71. The molecule has 0 radical (unpaired) electrons. The average molecular weight is 186 g/mol. The quantitative estimate of drug-likeness (QED) is 0.488. The van der Waals surface area contributed by atoms with Gasteiger partial charge in [0.2, 0.25) is 0 Å². The molecule has 0 unspecified atom stereocenters. The van der Waals surface area contributed by atoms with E-state index in [1.54, 1.807) is 0 Å². The first kappa shape index (κ1) is 10.5. The van der Waals surface area contributed by atoms with Gasteiger partial charge in [-0.1, -0.05) is 0 Å². The van der Waals surface area contributed by atoms with E-state index < -0.39 is 0 Å². The smallest absolute Gasteiger partial charge is 0.302 e. The van der Waals surface area contributed by atoms with Gasteiger partial charge in [0, 0.05) is 6.92 Å². The number of hydrogen-bond acceptors (Lipinski definition) is 2. The number of ether oxygens (including phenoxy) is 1. The molecule has 0 N–H and O–H groups in total. The summed E-state index contributed by atoms with van der Waals surface area (Å²) in [5.41, 5.74) is 0. The van der Waals surface area contributed by atoms with Gasteiger partial charge in [-0.05, 0) is 19.3 Å². The molecule has 0 aromatic carbocycles. The Kier molecular flexibility index (Phi) is 3.72. The summed E-state index contributed by atoms with van der Waals surface area (Å²) < 4.78 is 6.03. The van der Waals surface area contributed by atoms with Crippen molar-refractivity contribution in [3.05, 3.63) is 0 Å². The maximum absolute atomic E-state index is 10.6. The van der Waals surface area contributed by atoms with Crippen molar-refractivity contribution < 1.29 is 14.0 Å². The Bertz CT molecular complexity index is 174. The number of esters is 1. The van der Waals surface area contributed by atoms with Crippen LogP contribution >= 0.6 is 0 Å². The number of likely N-dealkylation sites (tertiary alicyclic amines) is 1. The Morgan fingerprint density at radius 2 is 1.92 bits per heavy atom. The van der Waals surface area contributed by atoms with Crippen LogP contribution in [0.5, 0.6) is 0 Å². The third-order valence-electron chi connectivity index (χ3n) is 2.83. The van der Waals surface area contributed by atoms with E-state index in [9.17, 15) is 4.79 Å². The highest BCUT2D eigenvalue weighted by Gasteiger charge is 2.24. The van der Waals surface area contributed by atoms with Crippen LogP contribution < -0.4 is 0 Å². The van der Waals surface area contributed by atoms with Crippen molar-refractivity contribution in [2.75, 3.05) is 33.3 Å². The molecule has 1 fully saturated rings. The predicted octanol–water partition coefficient (Wildman–Crippen LogP) is 1.18. The molecule has 0 aromatic heterocycles. The summed E-state index contributed by atoms with van der Waals surface area (Å²) in [6, 6.07) is 0. The predicted molar refractivity (Wildman–Crippen MR) is 51.3 cm³/mol. The van der Waals surface area contributed by atoms with E-state index in [4.69, 9.17) is 4.74 Å². The average Bonchev–Trinajstić information content (AvgIpc) is 2.04. The van der Waals surface area contributed by atoms with Gasteiger partial charge in [-0.3, -0.25) is 4.79 Å². The van der Waals surface area contributed by atoms with E-state index >= 15 is 0 Å². The fourth-order valence-corrected chi connectivity index (χ4v) is 1.91. The molecular formula is C10H20NO2+. The summed E-state index contributed by atoms with van der Waals surface area (Å²) in [4.78, 5) is 10.6. The molecule has 13 heavy (non-hydrogen) atoms. The van der Waals surface area contributed by atoms with Crippen molar-refractivity contribution >= 4 is 5.97 Å². The van der Waals surface area contributed by atoms with Crippen molar-refractivity contribution in [2.24, 2.45) is 0 Å². The standard InChI is InChI=1S/C10H20NO2/c1-10(12)13-9-8-11(2)6-4-3-5-7-11/h3-9H2,1-2H3/q+1. The monoisotopic (exact) mass is 186 g/mol. The molecule has 1 heterocycles. The lowest BCUT2D eigenvalue weighted by Gasteiger charge is -2.37. The minimum Gasteiger partial charge on any atom is -0.460 e. The zero-order valence-electron chi connectivity index (χ0n) is 8.71. The van der Waals surface area contributed by atoms with Crippen molar-refractivity contribution in [3.63, 3.8) is 0 Å². The van der Waals surface area contributed by atoms with E-state index in [0.29, 0.717) is 6.61 Å². The fraction of sp³-hybridized carbons (Fsp3) is 0.900. The lowest BCUT2D eigenvalue weighted by molar-refractivity contribution is -0.914. The van der Waals surface area contributed by atoms with Gasteiger partial charge in [-0.25, -0.2) is 0 Å². The van der Waals surface area contributed by atoms with Crippen molar-refractivity contribution in [2.45, 2.75) is 26.2 Å². The highest BCUT2D eigenvalue weighted by molar-refractivity contribution is 5.65. The van der Waals surface area contributed by atoms with Gasteiger partial charge in [0.1, 0.15) is 13.2 Å². The molecule has 0 bridgehead atoms. The van der Waals surface area contributed by atoms with E-state index in [-0.39, 0.29) is 5.97 Å². The second-order valence-electron chi connectivity index (χ2n) is 4.19. The number of hydrogen-bond donors (Lipinski definition) is 0. The van der Waals surface area contributed by atoms with Crippen LogP contribution in [0.4, 0.5) is 0 Å². The number of likely N-dealkylation sites (N-methyl/N-ethyl adjacent to an activating group) is 1. The topological polar surface area (TPSA) is 26.3 Å². The van der Waals surface area contributed by atoms with Crippen LogP contribution in [-0.2, 0) is 9.53 Å². The first-order chi connectivity index (χ1) is 6.12. The molecule has 0 spiro atoms. The molecule has 1 saturated heterocycles. The highest BCUT2D eigenvalue weighted by atomic mass is 16.5. The lowest BCUT2D eigenvalue weighted by Crippen LogP contribution is -2.49. The summed E-state index contributed by atoms with van der Waals surface area (Å²) in [6.45, 7) is 5.49. The summed E-state index contributed by atoms with van der Waals surface area (Å²) in [6.07, 6.45) is 3.99. The minimum absolute atomic E-state index is 0.163. The summed E-state index contributed by atoms with van der Waals surface area (Å²) >= 11 is 0. The van der Waals surface area contributed by atoms with E-state index in [2.05, 4.69) is 7.05 Å². The van der Waals surface area contributed by atoms with Gasteiger partial charge in [-0.2, -0.15) is 0 Å². The van der Waals surface area contributed by atoms with Crippen molar-refractivity contribution in [1.29, 1.82) is 0 Å². The number of rotatable bonds is 3. The van der Waals surface area contributed by atoms with E-state index in [0.717, 1.165) is 11.0 Å². The second-order valence-corrected chi connectivity index (χ2v) is 4.19. The maximum Gasteiger partial charge on any atom is 0.302 e. The molecule has 3 heteroatoms. The lowest BCUT2D eigenvalue weighted by atomic mass is 10.1. The molecular weight excluding hydrogens is 166 g/mol. The molecule has 3 nitrogen and oxygen atoms in total. The van der Waals surface area contributed by atoms with Crippen LogP contribution in [0.1, 0.15) is 26.2 Å². The molecule has 0 amide bonds. The Labute approximate surface area is 80.3 Å². The number of carbonyl (C=O) groups excluding carboxylic acids is 1. The molecule has 1 rings (SSSR count). The maximum atomic E-state index is 10.6. The molecule has 0 aromatic rings. The Morgan fingerprint density at radius 1 is 1.31 bits per heavy atom. The van der Waals surface area contributed by atoms with Crippen LogP contribution in [-0.4, -0.2) is 43.7 Å². The largest absolute Gasteiger partial charge is 0.460 e. The van der Waals surface area contributed by atoms with E-state index in [1.165, 1.54) is 39.3 Å². The summed E-state index contributed by atoms with van der Waals surface area (Å²) in [5, 5.41) is 0. The van der Waals surface area contributed by atoms with Gasteiger partial charge in [0.05, 0.1) is 20.1 Å². The Balaban J connectivity index is 2.21. The summed E-state index contributed by atoms with van der Waals surface area (Å²) in [7, 11) is 2.25. The van der Waals surface area contributed by atoms with E-state index in [1.807, 2.05) is 0 Å². The Morgan fingerprint density at radius 3 is 2.46 bits per heavy atom. The molecule has 76 valence electrons. The van der Waals surface area contributed by atoms with Gasteiger partial charge >= 0.3 is 5.97 Å². The van der Waals surface area contributed by atoms with Gasteiger partial charge in [0.25, 0.3) is 0 Å². The van der Waals surface area contributed by atoms with Gasteiger partial charge in [-0.15, -0.1) is 0 Å². The summed E-state index contributed by atoms with van der Waals surface area (Å²) in [5.74, 6) is -0.163. The van der Waals surface area contributed by atoms with Gasteiger partial charge in [0.15, 0.2) is 0 Å². The SMILES string of the molecule is CC(=O)OCC[N+]1(C)CCCCC1. The van der Waals surface area contributed by atoms with Crippen LogP contribution in [0.2, 0.25) is 0 Å². The number of carbonyl (C=O) groups is 1. The Hall–Kier alpha value is -0.570. The first-order valence-electron chi connectivity index (χ1n) is 5.09. The van der Waals surface area contributed by atoms with Crippen LogP contribution in [0.15, 0.2) is 0 Å².